The van der Waals surface area contributed by atoms with Crippen molar-refractivity contribution in [2.45, 2.75) is 19.5 Å². The smallest absolute Gasteiger partial charge is 0.289 e. The first-order valence-corrected chi connectivity index (χ1v) is 9.06. The van der Waals surface area contributed by atoms with Crippen molar-refractivity contribution in [1.82, 2.24) is 15.1 Å². The molecule has 7 heteroatoms. The Kier molecular flexibility index (Phi) is 6.13. The Bertz CT molecular complexity index is 750. The maximum absolute atomic E-state index is 12.5. The fraction of sp³-hybridized carbons (Fsp3) is 0.400. The number of hydrogen-bond donors (Lipinski definition) is 1. The van der Waals surface area contributed by atoms with Crippen molar-refractivity contribution in [2.75, 3.05) is 33.3 Å². The molecule has 1 fully saturated rings. The van der Waals surface area contributed by atoms with Gasteiger partial charge in [0.25, 0.3) is 5.91 Å². The van der Waals surface area contributed by atoms with E-state index in [-0.39, 0.29) is 17.9 Å². The van der Waals surface area contributed by atoms with Crippen molar-refractivity contribution in [3.63, 3.8) is 0 Å². The summed E-state index contributed by atoms with van der Waals surface area (Å²) in [5.41, 5.74) is 1.02. The molecule has 0 bridgehead atoms. The number of carbonyl (C=O) groups excluding carboxylic acids is 2. The second kappa shape index (κ2) is 8.73. The molecule has 144 valence electrons. The summed E-state index contributed by atoms with van der Waals surface area (Å²) in [7, 11) is 1.63. The maximum Gasteiger partial charge on any atom is 0.289 e. The van der Waals surface area contributed by atoms with E-state index in [9.17, 15) is 9.59 Å². The summed E-state index contributed by atoms with van der Waals surface area (Å²) in [6.45, 7) is 4.84. The van der Waals surface area contributed by atoms with Gasteiger partial charge in [0.1, 0.15) is 5.75 Å². The standard InChI is InChI=1S/C20H25N3O4/c1-15(19(24)21-14-16-5-7-17(26-2)8-6-16)22-9-11-23(12-10-22)20(25)18-4-3-13-27-18/h3-8,13,15H,9-12,14H2,1-2H3,(H,21,24)/t15-/m1/s1. The predicted octanol–water partition coefficient (Wildman–Crippen LogP) is 1.75. The van der Waals surface area contributed by atoms with E-state index in [0.29, 0.717) is 38.5 Å². The highest BCUT2D eigenvalue weighted by Crippen LogP contribution is 2.13. The third kappa shape index (κ3) is 4.68. The molecule has 27 heavy (non-hydrogen) atoms. The highest BCUT2D eigenvalue weighted by molar-refractivity contribution is 5.91. The van der Waals surface area contributed by atoms with Crippen LogP contribution in [0.1, 0.15) is 23.0 Å². The Morgan fingerprint density at radius 2 is 1.85 bits per heavy atom. The van der Waals surface area contributed by atoms with Crippen molar-refractivity contribution in [1.29, 1.82) is 0 Å². The number of carbonyl (C=O) groups is 2. The number of piperazine rings is 1. The van der Waals surface area contributed by atoms with Crippen LogP contribution in [0.4, 0.5) is 0 Å². The number of nitrogens with zero attached hydrogens (tertiary/aromatic N) is 2. The van der Waals surface area contributed by atoms with E-state index in [2.05, 4.69) is 10.2 Å². The van der Waals surface area contributed by atoms with Gasteiger partial charge >= 0.3 is 0 Å². The van der Waals surface area contributed by atoms with Gasteiger partial charge < -0.3 is 19.4 Å². The van der Waals surface area contributed by atoms with Crippen LogP contribution >= 0.6 is 0 Å². The Balaban J connectivity index is 1.45. The van der Waals surface area contributed by atoms with Crippen molar-refractivity contribution >= 4 is 11.8 Å². The van der Waals surface area contributed by atoms with Crippen LogP contribution in [-0.4, -0.2) is 60.9 Å². The highest BCUT2D eigenvalue weighted by Gasteiger charge is 2.28. The fourth-order valence-corrected chi connectivity index (χ4v) is 3.11. The number of benzene rings is 1. The minimum atomic E-state index is -0.246. The number of methoxy groups -OCH3 is 1. The quantitative estimate of drug-likeness (QED) is 0.837. The monoisotopic (exact) mass is 371 g/mol. The molecule has 7 nitrogen and oxygen atoms in total. The van der Waals surface area contributed by atoms with Gasteiger partial charge in [0.05, 0.1) is 19.4 Å². The lowest BCUT2D eigenvalue weighted by Crippen LogP contribution is -2.54. The predicted molar refractivity (Wildman–Crippen MR) is 100 cm³/mol. The van der Waals surface area contributed by atoms with Gasteiger partial charge in [-0.25, -0.2) is 0 Å². The molecule has 0 unspecified atom stereocenters. The molecule has 1 aromatic heterocycles. The van der Waals surface area contributed by atoms with E-state index in [1.165, 1.54) is 6.26 Å². The van der Waals surface area contributed by atoms with Gasteiger partial charge in [-0.3, -0.25) is 14.5 Å². The molecule has 1 aliphatic heterocycles. The molecule has 1 saturated heterocycles. The molecule has 0 radical (unpaired) electrons. The van der Waals surface area contributed by atoms with Crippen LogP contribution < -0.4 is 10.1 Å². The van der Waals surface area contributed by atoms with Crippen molar-refractivity contribution in [3.05, 3.63) is 54.0 Å². The Morgan fingerprint density at radius 3 is 2.44 bits per heavy atom. The van der Waals surface area contributed by atoms with Crippen LogP contribution in [0.25, 0.3) is 0 Å². The van der Waals surface area contributed by atoms with Gasteiger partial charge in [0, 0.05) is 32.7 Å². The van der Waals surface area contributed by atoms with Crippen LogP contribution in [0.3, 0.4) is 0 Å². The Morgan fingerprint density at radius 1 is 1.15 bits per heavy atom. The zero-order valence-electron chi connectivity index (χ0n) is 15.7. The fourth-order valence-electron chi connectivity index (χ4n) is 3.11. The third-order valence-corrected chi connectivity index (χ3v) is 4.89. The van der Waals surface area contributed by atoms with Crippen molar-refractivity contribution < 1.29 is 18.7 Å². The van der Waals surface area contributed by atoms with Crippen LogP contribution in [0.15, 0.2) is 47.1 Å². The normalized spacial score (nSPS) is 16.0. The summed E-state index contributed by atoms with van der Waals surface area (Å²) in [6.07, 6.45) is 1.50. The zero-order chi connectivity index (χ0) is 19.2. The molecule has 1 atom stereocenters. The molecule has 0 aliphatic carbocycles. The van der Waals surface area contributed by atoms with Gasteiger partial charge in [0.15, 0.2) is 5.76 Å². The molecule has 1 aromatic carbocycles. The van der Waals surface area contributed by atoms with Gasteiger partial charge in [-0.05, 0) is 36.8 Å². The number of nitrogens with one attached hydrogen (secondary N) is 1. The van der Waals surface area contributed by atoms with Gasteiger partial charge in [-0.15, -0.1) is 0 Å². The zero-order valence-corrected chi connectivity index (χ0v) is 15.7. The Labute approximate surface area is 158 Å². The summed E-state index contributed by atoms with van der Waals surface area (Å²) >= 11 is 0. The number of hydrogen-bond acceptors (Lipinski definition) is 5. The molecule has 3 rings (SSSR count). The molecular weight excluding hydrogens is 346 g/mol. The van der Waals surface area contributed by atoms with Gasteiger partial charge in [0.2, 0.25) is 5.91 Å². The minimum absolute atomic E-state index is 0.0170. The van der Waals surface area contributed by atoms with Crippen LogP contribution in [-0.2, 0) is 11.3 Å². The number of rotatable bonds is 6. The van der Waals surface area contributed by atoms with E-state index in [0.717, 1.165) is 11.3 Å². The lowest BCUT2D eigenvalue weighted by Gasteiger charge is -2.37. The summed E-state index contributed by atoms with van der Waals surface area (Å²) in [5.74, 6) is 1.03. The minimum Gasteiger partial charge on any atom is -0.497 e. The molecule has 2 aromatic rings. The molecule has 0 saturated carbocycles. The number of furan rings is 1. The molecular formula is C20H25N3O4. The summed E-state index contributed by atoms with van der Waals surface area (Å²) in [5, 5.41) is 2.97. The third-order valence-electron chi connectivity index (χ3n) is 4.89. The van der Waals surface area contributed by atoms with E-state index in [4.69, 9.17) is 9.15 Å². The summed E-state index contributed by atoms with van der Waals surface area (Å²) < 4.78 is 10.3. The molecule has 1 N–H and O–H groups in total. The number of ether oxygens (including phenoxy) is 1. The van der Waals surface area contributed by atoms with E-state index < -0.39 is 0 Å². The lowest BCUT2D eigenvalue weighted by molar-refractivity contribution is -0.126. The van der Waals surface area contributed by atoms with E-state index in [1.807, 2.05) is 31.2 Å². The average molecular weight is 371 g/mol. The van der Waals surface area contributed by atoms with E-state index >= 15 is 0 Å². The largest absolute Gasteiger partial charge is 0.497 e. The highest BCUT2D eigenvalue weighted by atomic mass is 16.5. The second-order valence-corrected chi connectivity index (χ2v) is 6.55. The summed E-state index contributed by atoms with van der Waals surface area (Å²) in [4.78, 5) is 28.6. The molecule has 0 spiro atoms. The van der Waals surface area contributed by atoms with E-state index in [1.54, 1.807) is 24.1 Å². The first-order valence-electron chi connectivity index (χ1n) is 9.06. The van der Waals surface area contributed by atoms with Crippen molar-refractivity contribution in [2.24, 2.45) is 0 Å². The first kappa shape index (κ1) is 19.0. The van der Waals surface area contributed by atoms with Crippen LogP contribution in [0.2, 0.25) is 0 Å². The SMILES string of the molecule is COc1ccc(CNC(=O)[C@@H](C)N2CCN(C(=O)c3ccco3)CC2)cc1. The maximum atomic E-state index is 12.5. The van der Waals surface area contributed by atoms with Gasteiger partial charge in [-0.2, -0.15) is 0 Å². The molecule has 2 heterocycles. The van der Waals surface area contributed by atoms with Crippen LogP contribution in [0, 0.1) is 0 Å². The second-order valence-electron chi connectivity index (χ2n) is 6.55. The molecule has 2 amide bonds. The average Bonchev–Trinajstić information content (AvgIpc) is 3.26. The Hall–Kier alpha value is -2.80. The topological polar surface area (TPSA) is 75.0 Å². The van der Waals surface area contributed by atoms with Gasteiger partial charge in [-0.1, -0.05) is 12.1 Å². The van der Waals surface area contributed by atoms with Crippen molar-refractivity contribution in [3.8, 4) is 5.75 Å². The van der Waals surface area contributed by atoms with Crippen LogP contribution in [0.5, 0.6) is 5.75 Å². The first-order chi connectivity index (χ1) is 13.1. The molecule has 1 aliphatic rings. The summed E-state index contributed by atoms with van der Waals surface area (Å²) in [6, 6.07) is 10.7. The number of amides is 2. The lowest BCUT2D eigenvalue weighted by atomic mass is 10.2.